The fraction of sp³-hybridized carbons (Fsp3) is 0.650. The van der Waals surface area contributed by atoms with Crippen LogP contribution >= 0.6 is 11.6 Å². The summed E-state index contributed by atoms with van der Waals surface area (Å²) >= 11 is 6.19. The Morgan fingerprint density at radius 2 is 2.07 bits per heavy atom. The lowest BCUT2D eigenvalue weighted by Gasteiger charge is -2.37. The molecule has 0 saturated carbocycles. The van der Waals surface area contributed by atoms with Gasteiger partial charge in [0, 0.05) is 43.8 Å². The smallest absolute Gasteiger partial charge is 0.319 e. The quantitative estimate of drug-likeness (QED) is 0.820. The van der Waals surface area contributed by atoms with Gasteiger partial charge in [-0.25, -0.2) is 4.79 Å². The topological polar surface area (TPSA) is 62.8 Å². The molecule has 0 aliphatic carbocycles. The number of piperidine rings is 1. The predicted octanol–water partition coefficient (Wildman–Crippen LogP) is 3.79. The number of nitrogens with one attached hydrogen (secondary N) is 2. The molecule has 3 aliphatic rings. The SMILES string of the molecule is O=C(Nc1cc(Cl)ccc1N1CCCCC1)N[C@@H]1CCO[C@@]2(CCOC2)C1. The zero-order valence-electron chi connectivity index (χ0n) is 15.6. The molecule has 0 unspecified atom stereocenters. The number of rotatable bonds is 3. The van der Waals surface area contributed by atoms with Gasteiger partial charge in [0.05, 0.1) is 23.6 Å². The molecule has 3 aliphatic heterocycles. The molecule has 3 saturated heterocycles. The van der Waals surface area contributed by atoms with E-state index in [9.17, 15) is 4.79 Å². The first-order chi connectivity index (χ1) is 13.1. The average Bonchev–Trinajstić information content (AvgIpc) is 3.10. The number of amides is 2. The summed E-state index contributed by atoms with van der Waals surface area (Å²) in [6, 6.07) is 5.63. The molecule has 6 nitrogen and oxygen atoms in total. The van der Waals surface area contributed by atoms with Gasteiger partial charge in [0.25, 0.3) is 0 Å². The fourth-order valence-electron chi connectivity index (χ4n) is 4.38. The number of carbonyl (C=O) groups is 1. The summed E-state index contributed by atoms with van der Waals surface area (Å²) in [4.78, 5) is 15.0. The Hall–Kier alpha value is -1.50. The van der Waals surface area contributed by atoms with Gasteiger partial charge in [0.15, 0.2) is 0 Å². The number of benzene rings is 1. The highest BCUT2D eigenvalue weighted by molar-refractivity contribution is 6.31. The lowest BCUT2D eigenvalue weighted by Crippen LogP contribution is -2.50. The lowest BCUT2D eigenvalue weighted by molar-refractivity contribution is -0.0877. The third kappa shape index (κ3) is 4.50. The summed E-state index contributed by atoms with van der Waals surface area (Å²) < 4.78 is 11.5. The van der Waals surface area contributed by atoms with Crippen LogP contribution in [0.1, 0.15) is 38.5 Å². The molecule has 148 valence electrons. The molecule has 27 heavy (non-hydrogen) atoms. The molecule has 2 N–H and O–H groups in total. The number of hydrogen-bond acceptors (Lipinski definition) is 4. The van der Waals surface area contributed by atoms with Gasteiger partial charge in [-0.1, -0.05) is 11.6 Å². The van der Waals surface area contributed by atoms with Crippen molar-refractivity contribution < 1.29 is 14.3 Å². The van der Waals surface area contributed by atoms with Crippen molar-refractivity contribution in [2.45, 2.75) is 50.2 Å². The van der Waals surface area contributed by atoms with Gasteiger partial charge in [-0.15, -0.1) is 0 Å². The van der Waals surface area contributed by atoms with Crippen LogP contribution in [0.2, 0.25) is 5.02 Å². The van der Waals surface area contributed by atoms with Crippen LogP contribution in [0.25, 0.3) is 0 Å². The molecule has 7 heteroatoms. The van der Waals surface area contributed by atoms with Crippen LogP contribution in [0.4, 0.5) is 16.2 Å². The van der Waals surface area contributed by atoms with Gasteiger partial charge in [0.2, 0.25) is 0 Å². The maximum atomic E-state index is 12.7. The standard InChI is InChI=1S/C20H28ClN3O3/c21-15-4-5-18(24-8-2-1-3-9-24)17(12-15)23-19(25)22-16-6-10-27-20(13-16)7-11-26-14-20/h4-5,12,16H,1-3,6-11,13-14H2,(H2,22,23,25)/t16-,20+/m1/s1. The predicted molar refractivity (Wildman–Crippen MR) is 107 cm³/mol. The third-order valence-corrected chi connectivity index (χ3v) is 6.03. The molecule has 0 bridgehead atoms. The third-order valence-electron chi connectivity index (χ3n) is 5.80. The minimum atomic E-state index is -0.217. The molecule has 0 radical (unpaired) electrons. The Kier molecular flexibility index (Phi) is 5.76. The highest BCUT2D eigenvalue weighted by Crippen LogP contribution is 2.34. The number of urea groups is 1. The van der Waals surface area contributed by atoms with Gasteiger partial charge >= 0.3 is 6.03 Å². The first-order valence-electron chi connectivity index (χ1n) is 9.97. The van der Waals surface area contributed by atoms with Crippen molar-refractivity contribution >= 4 is 29.0 Å². The molecule has 1 spiro atoms. The van der Waals surface area contributed by atoms with E-state index in [0.29, 0.717) is 18.2 Å². The molecule has 3 heterocycles. The van der Waals surface area contributed by atoms with Crippen LogP contribution in [0.5, 0.6) is 0 Å². The maximum Gasteiger partial charge on any atom is 0.319 e. The van der Waals surface area contributed by atoms with E-state index < -0.39 is 0 Å². The summed E-state index contributed by atoms with van der Waals surface area (Å²) in [7, 11) is 0. The first-order valence-corrected chi connectivity index (χ1v) is 10.4. The second-order valence-corrected chi connectivity index (χ2v) is 8.27. The van der Waals surface area contributed by atoms with Crippen LogP contribution < -0.4 is 15.5 Å². The van der Waals surface area contributed by atoms with Crippen molar-refractivity contribution in [2.75, 3.05) is 43.1 Å². The molecular weight excluding hydrogens is 366 g/mol. The molecule has 4 rings (SSSR count). The fourth-order valence-corrected chi connectivity index (χ4v) is 4.55. The zero-order valence-corrected chi connectivity index (χ0v) is 16.4. The highest BCUT2D eigenvalue weighted by atomic mass is 35.5. The molecule has 2 atom stereocenters. The minimum Gasteiger partial charge on any atom is -0.378 e. The van der Waals surface area contributed by atoms with E-state index in [1.54, 1.807) is 0 Å². The number of halogens is 1. The van der Waals surface area contributed by atoms with Crippen molar-refractivity contribution in [3.63, 3.8) is 0 Å². The monoisotopic (exact) mass is 393 g/mol. The second-order valence-electron chi connectivity index (χ2n) is 7.83. The van der Waals surface area contributed by atoms with Gasteiger partial charge in [-0.05, 0) is 50.3 Å². The second kappa shape index (κ2) is 8.25. The van der Waals surface area contributed by atoms with E-state index in [2.05, 4.69) is 15.5 Å². The van der Waals surface area contributed by atoms with E-state index in [1.807, 2.05) is 18.2 Å². The van der Waals surface area contributed by atoms with E-state index in [0.717, 1.165) is 50.3 Å². The molecule has 1 aromatic carbocycles. The summed E-state index contributed by atoms with van der Waals surface area (Å²) in [5, 5.41) is 6.77. The van der Waals surface area contributed by atoms with Crippen molar-refractivity contribution in [2.24, 2.45) is 0 Å². The van der Waals surface area contributed by atoms with Crippen LogP contribution in [-0.2, 0) is 9.47 Å². The Labute approximate surface area is 165 Å². The number of ether oxygens (including phenoxy) is 2. The number of hydrogen-bond donors (Lipinski definition) is 2. The average molecular weight is 394 g/mol. The van der Waals surface area contributed by atoms with E-state index in [-0.39, 0.29) is 17.7 Å². The van der Waals surface area contributed by atoms with E-state index >= 15 is 0 Å². The van der Waals surface area contributed by atoms with Crippen LogP contribution in [-0.4, -0.2) is 50.6 Å². The summed E-state index contributed by atoms with van der Waals surface area (Å²) in [5.41, 5.74) is 1.60. The number of nitrogens with zero attached hydrogens (tertiary/aromatic N) is 1. The van der Waals surface area contributed by atoms with Crippen molar-refractivity contribution in [3.8, 4) is 0 Å². The Morgan fingerprint density at radius 1 is 1.22 bits per heavy atom. The molecule has 0 aromatic heterocycles. The normalized spacial score (nSPS) is 28.3. The Morgan fingerprint density at radius 3 is 2.85 bits per heavy atom. The molecule has 2 amide bonds. The highest BCUT2D eigenvalue weighted by Gasteiger charge is 2.41. The minimum absolute atomic E-state index is 0.0954. The number of carbonyl (C=O) groups excluding carboxylic acids is 1. The largest absolute Gasteiger partial charge is 0.378 e. The Balaban J connectivity index is 1.41. The molecule has 1 aromatic rings. The first kappa shape index (κ1) is 18.8. The van der Waals surface area contributed by atoms with Crippen LogP contribution in [0.3, 0.4) is 0 Å². The molecular formula is C20H28ClN3O3. The van der Waals surface area contributed by atoms with Gasteiger partial charge in [-0.3, -0.25) is 0 Å². The summed E-state index contributed by atoms with van der Waals surface area (Å²) in [6.45, 7) is 4.05. The van der Waals surface area contributed by atoms with Crippen molar-refractivity contribution in [1.82, 2.24) is 5.32 Å². The van der Waals surface area contributed by atoms with E-state index in [4.69, 9.17) is 21.1 Å². The van der Waals surface area contributed by atoms with Gasteiger partial charge < -0.3 is 25.0 Å². The molecule has 3 fully saturated rings. The van der Waals surface area contributed by atoms with Crippen molar-refractivity contribution in [3.05, 3.63) is 23.2 Å². The van der Waals surface area contributed by atoms with Gasteiger partial charge in [-0.2, -0.15) is 0 Å². The maximum absolute atomic E-state index is 12.7. The summed E-state index contributed by atoms with van der Waals surface area (Å²) in [5.74, 6) is 0. The van der Waals surface area contributed by atoms with Crippen molar-refractivity contribution in [1.29, 1.82) is 0 Å². The lowest BCUT2D eigenvalue weighted by atomic mass is 9.90. The van der Waals surface area contributed by atoms with E-state index in [1.165, 1.54) is 19.3 Å². The van der Waals surface area contributed by atoms with Crippen LogP contribution in [0, 0.1) is 0 Å². The van der Waals surface area contributed by atoms with Crippen LogP contribution in [0.15, 0.2) is 18.2 Å². The van der Waals surface area contributed by atoms with Gasteiger partial charge in [0.1, 0.15) is 0 Å². The Bertz CT molecular complexity index is 672. The zero-order chi connectivity index (χ0) is 18.7. The summed E-state index contributed by atoms with van der Waals surface area (Å²) in [6.07, 6.45) is 6.16. The number of anilines is 2.